The molecule has 1 aromatic rings. The molecular formula is C33H46N2O6S. The third-order valence-corrected chi connectivity index (χ3v) is 10.5. The van der Waals surface area contributed by atoms with Crippen molar-refractivity contribution in [3.63, 3.8) is 0 Å². The third-order valence-electron chi connectivity index (χ3n) is 9.43. The summed E-state index contributed by atoms with van der Waals surface area (Å²) < 4.78 is 11.6. The van der Waals surface area contributed by atoms with E-state index in [0.29, 0.717) is 54.7 Å². The minimum atomic E-state index is -1.03. The molecule has 3 saturated carbocycles. The summed E-state index contributed by atoms with van der Waals surface area (Å²) in [5.74, 6) is 6.15. The molecule has 3 aliphatic carbocycles. The van der Waals surface area contributed by atoms with Gasteiger partial charge in [-0.1, -0.05) is 25.2 Å². The van der Waals surface area contributed by atoms with Crippen molar-refractivity contribution < 1.29 is 29.0 Å². The molecule has 0 aromatic carbocycles. The zero-order valence-corrected chi connectivity index (χ0v) is 26.3. The van der Waals surface area contributed by atoms with E-state index in [-0.39, 0.29) is 46.4 Å². The molecule has 2 heterocycles. The van der Waals surface area contributed by atoms with Gasteiger partial charge >= 0.3 is 12.1 Å². The summed E-state index contributed by atoms with van der Waals surface area (Å²) in [7, 11) is 0. The summed E-state index contributed by atoms with van der Waals surface area (Å²) >= 11 is 1.14. The van der Waals surface area contributed by atoms with E-state index in [0.717, 1.165) is 56.3 Å². The van der Waals surface area contributed by atoms with E-state index >= 15 is 0 Å². The second kappa shape index (κ2) is 13.0. The maximum atomic E-state index is 14.1. The van der Waals surface area contributed by atoms with Gasteiger partial charge in [0, 0.05) is 29.3 Å². The van der Waals surface area contributed by atoms with Gasteiger partial charge in [-0.05, 0) is 97.0 Å². The molecule has 1 aliphatic heterocycles. The first-order valence-corrected chi connectivity index (χ1v) is 16.6. The molecule has 0 unspecified atom stereocenters. The van der Waals surface area contributed by atoms with Gasteiger partial charge in [-0.25, -0.2) is 9.59 Å². The Labute approximate surface area is 253 Å². The molecule has 9 heteroatoms. The number of nitrogens with one attached hydrogen (secondary N) is 1. The molecule has 0 spiro atoms. The molecular weight excluding hydrogens is 552 g/mol. The molecule has 4 aliphatic rings. The minimum Gasteiger partial charge on any atom is -0.477 e. The highest BCUT2D eigenvalue weighted by molar-refractivity contribution is 7.15. The Balaban J connectivity index is 1.30. The van der Waals surface area contributed by atoms with Gasteiger partial charge < -0.3 is 24.8 Å². The third kappa shape index (κ3) is 7.31. The molecule has 8 nitrogen and oxygen atoms in total. The first kappa shape index (κ1) is 30.9. The monoisotopic (exact) mass is 598 g/mol. The van der Waals surface area contributed by atoms with Gasteiger partial charge in [0.15, 0.2) is 0 Å². The smallest absolute Gasteiger partial charge is 0.407 e. The molecule has 2 N–H and O–H groups in total. The van der Waals surface area contributed by atoms with Crippen LogP contribution in [0.2, 0.25) is 0 Å². The van der Waals surface area contributed by atoms with Crippen molar-refractivity contribution in [1.29, 1.82) is 0 Å². The topological polar surface area (TPSA) is 105 Å². The standard InChI is InChI=1S/C33H46N2O6S/c1-20-8-10-21(11-9-20)30(36)35(26-18-24(16-17-33(2,3)4)42-29(26)31(37)38)23-14-12-22(13-15-23)34-32(39)41-28-19-40-27-7-5-6-25(27)28/h18,20-23,25,27-28H,5-15,19H2,1-4H3,(H,34,39)(H,37,38)/t20-,21-,22-,23-,25-,27+,28+/m1/s1. The predicted molar refractivity (Wildman–Crippen MR) is 163 cm³/mol. The van der Waals surface area contributed by atoms with E-state index in [1.54, 1.807) is 11.0 Å². The summed E-state index contributed by atoms with van der Waals surface area (Å²) in [5, 5.41) is 13.2. The summed E-state index contributed by atoms with van der Waals surface area (Å²) in [6.07, 6.45) is 9.28. The SMILES string of the molecule is CC(C)(C)C#Cc1cc(N(C(=O)[C@H]2CC[C@H](C)CC2)[C@H]2CC[C@H](NC(=O)O[C@H]3CO[C@H]4CCC[C@H]43)CC2)c(C(=O)O)s1. The van der Waals surface area contributed by atoms with Crippen molar-refractivity contribution in [2.24, 2.45) is 23.2 Å². The largest absolute Gasteiger partial charge is 0.477 e. The average Bonchev–Trinajstić information content (AvgIpc) is 3.66. The second-order valence-electron chi connectivity index (χ2n) is 13.9. The fourth-order valence-electron chi connectivity index (χ4n) is 7.09. The Bertz CT molecular complexity index is 1210. The van der Waals surface area contributed by atoms with Crippen LogP contribution in [0.3, 0.4) is 0 Å². The Morgan fingerprint density at radius 1 is 1.05 bits per heavy atom. The summed E-state index contributed by atoms with van der Waals surface area (Å²) in [4.78, 5) is 41.9. The first-order valence-electron chi connectivity index (χ1n) is 15.8. The van der Waals surface area contributed by atoms with Crippen LogP contribution in [0.5, 0.6) is 0 Å². The van der Waals surface area contributed by atoms with Crippen LogP contribution >= 0.6 is 11.3 Å². The molecule has 1 aromatic heterocycles. The zero-order chi connectivity index (χ0) is 30.0. The maximum absolute atomic E-state index is 14.1. The normalized spacial score (nSPS) is 31.0. The van der Waals surface area contributed by atoms with Crippen molar-refractivity contribution in [3.8, 4) is 11.8 Å². The number of carbonyl (C=O) groups is 3. The number of fused-ring (bicyclic) bond motifs is 1. The first-order chi connectivity index (χ1) is 20.0. The number of amides is 2. The van der Waals surface area contributed by atoms with Gasteiger partial charge in [0.1, 0.15) is 11.0 Å². The Morgan fingerprint density at radius 3 is 2.43 bits per heavy atom. The van der Waals surface area contributed by atoms with Gasteiger partial charge in [-0.3, -0.25) is 4.79 Å². The number of anilines is 1. The van der Waals surface area contributed by atoms with Crippen LogP contribution in [0.15, 0.2) is 6.07 Å². The van der Waals surface area contributed by atoms with Crippen molar-refractivity contribution in [2.45, 2.75) is 123 Å². The Hall–Kier alpha value is -2.57. The fourth-order valence-corrected chi connectivity index (χ4v) is 7.93. The average molecular weight is 599 g/mol. The molecule has 3 atom stereocenters. The highest BCUT2D eigenvalue weighted by Gasteiger charge is 2.43. The molecule has 5 rings (SSSR count). The Morgan fingerprint density at radius 2 is 1.76 bits per heavy atom. The summed E-state index contributed by atoms with van der Waals surface area (Å²) in [5.41, 5.74) is 0.246. The van der Waals surface area contributed by atoms with Gasteiger partial charge in [0.05, 0.1) is 23.3 Å². The van der Waals surface area contributed by atoms with Crippen LogP contribution < -0.4 is 10.2 Å². The number of ether oxygens (including phenoxy) is 2. The van der Waals surface area contributed by atoms with Crippen LogP contribution in [0.25, 0.3) is 0 Å². The highest BCUT2D eigenvalue weighted by Crippen LogP contribution is 2.40. The lowest BCUT2D eigenvalue weighted by Gasteiger charge is -2.39. The molecule has 1 saturated heterocycles. The van der Waals surface area contributed by atoms with Gasteiger partial charge in [0.2, 0.25) is 5.91 Å². The summed E-state index contributed by atoms with van der Waals surface area (Å²) in [6, 6.07) is 1.62. The number of hydrogen-bond donors (Lipinski definition) is 2. The van der Waals surface area contributed by atoms with E-state index in [9.17, 15) is 19.5 Å². The number of carboxylic acid groups (broad SMARTS) is 1. The molecule has 4 fully saturated rings. The number of carbonyl (C=O) groups excluding carboxylic acids is 2. The minimum absolute atomic E-state index is 0.0284. The molecule has 0 radical (unpaired) electrons. The number of hydrogen-bond acceptors (Lipinski definition) is 6. The molecule has 42 heavy (non-hydrogen) atoms. The van der Waals surface area contributed by atoms with Crippen LogP contribution in [0.4, 0.5) is 10.5 Å². The van der Waals surface area contributed by atoms with Crippen LogP contribution in [0.1, 0.15) is 113 Å². The number of carboxylic acids is 1. The summed E-state index contributed by atoms with van der Waals surface area (Å²) in [6.45, 7) is 8.75. The number of nitrogens with zero attached hydrogens (tertiary/aromatic N) is 1. The van der Waals surface area contributed by atoms with E-state index in [2.05, 4.69) is 24.1 Å². The van der Waals surface area contributed by atoms with Crippen LogP contribution in [-0.2, 0) is 14.3 Å². The lowest BCUT2D eigenvalue weighted by atomic mass is 9.81. The molecule has 2 amide bonds. The van der Waals surface area contributed by atoms with Crippen molar-refractivity contribution >= 4 is 35.0 Å². The quantitative estimate of drug-likeness (QED) is 0.357. The van der Waals surface area contributed by atoms with Crippen molar-refractivity contribution in [2.75, 3.05) is 11.5 Å². The lowest BCUT2D eigenvalue weighted by molar-refractivity contribution is -0.124. The van der Waals surface area contributed by atoms with Crippen molar-refractivity contribution in [3.05, 3.63) is 15.8 Å². The number of rotatable bonds is 6. The van der Waals surface area contributed by atoms with Crippen molar-refractivity contribution in [1.82, 2.24) is 5.32 Å². The van der Waals surface area contributed by atoms with Gasteiger partial charge in [-0.15, -0.1) is 11.3 Å². The zero-order valence-electron chi connectivity index (χ0n) is 25.4. The van der Waals surface area contributed by atoms with E-state index in [1.807, 2.05) is 20.8 Å². The highest BCUT2D eigenvalue weighted by atomic mass is 32.1. The number of thiophene rings is 1. The van der Waals surface area contributed by atoms with Crippen LogP contribution in [0, 0.1) is 35.0 Å². The fraction of sp³-hybridized carbons (Fsp3) is 0.727. The lowest BCUT2D eigenvalue weighted by Crippen LogP contribution is -2.49. The van der Waals surface area contributed by atoms with Gasteiger partial charge in [0.25, 0.3) is 0 Å². The second-order valence-corrected chi connectivity index (χ2v) is 14.9. The number of alkyl carbamates (subject to hydrolysis) is 1. The van der Waals surface area contributed by atoms with E-state index in [1.165, 1.54) is 0 Å². The molecule has 0 bridgehead atoms. The molecule has 230 valence electrons. The number of aromatic carboxylic acids is 1. The van der Waals surface area contributed by atoms with Gasteiger partial charge in [-0.2, -0.15) is 0 Å². The predicted octanol–water partition coefficient (Wildman–Crippen LogP) is 6.61. The van der Waals surface area contributed by atoms with E-state index in [4.69, 9.17) is 9.47 Å². The maximum Gasteiger partial charge on any atom is 0.407 e. The Kier molecular flexibility index (Phi) is 9.53. The van der Waals surface area contributed by atoms with Crippen LogP contribution in [-0.4, -0.2) is 54.0 Å². The van der Waals surface area contributed by atoms with E-state index < -0.39 is 12.1 Å².